The largest absolute Gasteiger partial charge is 0.508 e. The lowest BCUT2D eigenvalue weighted by atomic mass is 9.92. The molecule has 0 saturated carbocycles. The monoisotopic (exact) mass is 341 g/mol. The summed E-state index contributed by atoms with van der Waals surface area (Å²) in [6.45, 7) is 8.29. The molecule has 134 valence electrons. The van der Waals surface area contributed by atoms with Crippen LogP contribution in [0.4, 0.5) is 0 Å². The summed E-state index contributed by atoms with van der Waals surface area (Å²) in [7, 11) is 1.93. The lowest BCUT2D eigenvalue weighted by Crippen LogP contribution is -2.23. The second-order valence-corrected chi connectivity index (χ2v) is 6.71. The molecule has 0 aliphatic rings. The Morgan fingerprint density at radius 2 is 1.88 bits per heavy atom. The van der Waals surface area contributed by atoms with Gasteiger partial charge in [0.1, 0.15) is 5.75 Å². The first kappa shape index (κ1) is 18.8. The van der Waals surface area contributed by atoms with Gasteiger partial charge in [-0.1, -0.05) is 32.1 Å². The van der Waals surface area contributed by atoms with Crippen LogP contribution in [0, 0.1) is 11.3 Å². The SMILES string of the molecule is C/C=C(\C)c1c(-c2ccc(O)cc2)c(CC(C)C)n(C)c1C(=N)NO. The van der Waals surface area contributed by atoms with Crippen LogP contribution in [-0.2, 0) is 13.5 Å². The van der Waals surface area contributed by atoms with Gasteiger partial charge in [0.15, 0.2) is 5.84 Å². The van der Waals surface area contributed by atoms with E-state index in [0.717, 1.165) is 34.4 Å². The maximum Gasteiger partial charge on any atom is 0.167 e. The first-order valence-electron chi connectivity index (χ1n) is 8.45. The Hall–Kier alpha value is -2.53. The van der Waals surface area contributed by atoms with Crippen molar-refractivity contribution < 1.29 is 10.3 Å². The smallest absolute Gasteiger partial charge is 0.167 e. The highest BCUT2D eigenvalue weighted by atomic mass is 16.5. The Morgan fingerprint density at radius 3 is 2.36 bits per heavy atom. The number of phenolic OH excluding ortho intramolecular Hbond substituents is 1. The summed E-state index contributed by atoms with van der Waals surface area (Å²) >= 11 is 0. The van der Waals surface area contributed by atoms with E-state index in [9.17, 15) is 10.3 Å². The highest BCUT2D eigenvalue weighted by Crippen LogP contribution is 2.38. The molecule has 0 amide bonds. The van der Waals surface area contributed by atoms with Crippen LogP contribution < -0.4 is 5.48 Å². The van der Waals surface area contributed by atoms with Crippen molar-refractivity contribution in [2.45, 2.75) is 34.1 Å². The third kappa shape index (κ3) is 3.61. The van der Waals surface area contributed by atoms with Gasteiger partial charge >= 0.3 is 0 Å². The Morgan fingerprint density at radius 1 is 1.28 bits per heavy atom. The quantitative estimate of drug-likeness (QED) is 0.371. The maximum atomic E-state index is 9.64. The number of benzene rings is 1. The molecule has 5 heteroatoms. The molecule has 0 spiro atoms. The topological polar surface area (TPSA) is 81.3 Å². The van der Waals surface area contributed by atoms with E-state index in [-0.39, 0.29) is 11.6 Å². The van der Waals surface area contributed by atoms with Crippen LogP contribution in [0.25, 0.3) is 16.7 Å². The Labute approximate surface area is 149 Å². The van der Waals surface area contributed by atoms with Gasteiger partial charge in [-0.2, -0.15) is 0 Å². The summed E-state index contributed by atoms with van der Waals surface area (Å²) < 4.78 is 1.98. The summed E-state index contributed by atoms with van der Waals surface area (Å²) in [6.07, 6.45) is 2.85. The van der Waals surface area contributed by atoms with Gasteiger partial charge in [0.05, 0.1) is 5.69 Å². The van der Waals surface area contributed by atoms with Gasteiger partial charge in [-0.05, 0) is 49.5 Å². The summed E-state index contributed by atoms with van der Waals surface area (Å²) in [6, 6.07) is 7.12. The zero-order valence-corrected chi connectivity index (χ0v) is 15.5. The first-order valence-corrected chi connectivity index (χ1v) is 8.45. The van der Waals surface area contributed by atoms with E-state index in [1.165, 1.54) is 0 Å². The van der Waals surface area contributed by atoms with Crippen LogP contribution >= 0.6 is 0 Å². The molecule has 0 aliphatic carbocycles. The van der Waals surface area contributed by atoms with Crippen molar-refractivity contribution in [3.63, 3.8) is 0 Å². The van der Waals surface area contributed by atoms with E-state index in [4.69, 9.17) is 5.41 Å². The summed E-state index contributed by atoms with van der Waals surface area (Å²) in [4.78, 5) is 0. The third-order valence-electron chi connectivity index (χ3n) is 4.45. The Kier molecular flexibility index (Phi) is 5.69. The lowest BCUT2D eigenvalue weighted by molar-refractivity contribution is 0.233. The van der Waals surface area contributed by atoms with Crippen molar-refractivity contribution in [3.05, 3.63) is 47.3 Å². The predicted molar refractivity (Wildman–Crippen MR) is 102 cm³/mol. The van der Waals surface area contributed by atoms with E-state index < -0.39 is 0 Å². The Balaban J connectivity index is 2.89. The second kappa shape index (κ2) is 7.57. The van der Waals surface area contributed by atoms with E-state index in [2.05, 4.69) is 13.8 Å². The molecular formula is C20H27N3O2. The lowest BCUT2D eigenvalue weighted by Gasteiger charge is -2.12. The van der Waals surface area contributed by atoms with Crippen LogP contribution in [-0.4, -0.2) is 20.7 Å². The molecule has 0 saturated heterocycles. The number of aromatic hydroxyl groups is 1. The third-order valence-corrected chi connectivity index (χ3v) is 4.45. The average molecular weight is 341 g/mol. The van der Waals surface area contributed by atoms with E-state index in [0.29, 0.717) is 11.6 Å². The maximum absolute atomic E-state index is 9.64. The van der Waals surface area contributed by atoms with Gasteiger partial charge in [0.25, 0.3) is 0 Å². The summed E-state index contributed by atoms with van der Waals surface area (Å²) in [5.41, 5.74) is 7.73. The second-order valence-electron chi connectivity index (χ2n) is 6.71. The van der Waals surface area contributed by atoms with E-state index in [1.807, 2.05) is 49.2 Å². The molecule has 1 aromatic heterocycles. The molecule has 4 N–H and O–H groups in total. The standard InChI is InChI=1S/C20H27N3O2/c1-6-13(4)17-18(14-7-9-15(24)10-8-14)16(11-12(2)3)23(5)19(17)20(21)22-25/h6-10,12,24-25H,11H2,1-5H3,(H2,21,22)/b13-6+. The van der Waals surface area contributed by atoms with E-state index >= 15 is 0 Å². The fraction of sp³-hybridized carbons (Fsp3) is 0.350. The van der Waals surface area contributed by atoms with Crippen LogP contribution in [0.15, 0.2) is 30.3 Å². The normalized spacial score (nSPS) is 11.9. The number of phenols is 1. The molecule has 0 fully saturated rings. The van der Waals surface area contributed by atoms with Gasteiger partial charge in [0.2, 0.25) is 0 Å². The van der Waals surface area contributed by atoms with Crippen LogP contribution in [0.5, 0.6) is 5.75 Å². The fourth-order valence-electron chi connectivity index (χ4n) is 3.17. The molecule has 0 radical (unpaired) electrons. The molecule has 0 unspecified atom stereocenters. The molecule has 25 heavy (non-hydrogen) atoms. The number of aromatic nitrogens is 1. The van der Waals surface area contributed by atoms with Gasteiger partial charge in [-0.15, -0.1) is 0 Å². The van der Waals surface area contributed by atoms with Crippen molar-refractivity contribution in [1.29, 1.82) is 5.41 Å². The molecular weight excluding hydrogens is 314 g/mol. The van der Waals surface area contributed by atoms with Crippen molar-refractivity contribution in [2.24, 2.45) is 13.0 Å². The molecule has 2 rings (SSSR count). The minimum atomic E-state index is -0.0336. The van der Waals surface area contributed by atoms with E-state index in [1.54, 1.807) is 12.1 Å². The molecule has 5 nitrogen and oxygen atoms in total. The summed E-state index contributed by atoms with van der Waals surface area (Å²) in [5.74, 6) is 0.625. The van der Waals surface area contributed by atoms with Gasteiger partial charge < -0.3 is 9.67 Å². The Bertz CT molecular complexity index is 799. The molecule has 0 aliphatic heterocycles. The number of allylic oxidation sites excluding steroid dienone is 2. The summed E-state index contributed by atoms with van der Waals surface area (Å²) in [5, 5.41) is 27.1. The zero-order chi connectivity index (χ0) is 18.7. The number of hydrogen-bond donors (Lipinski definition) is 4. The number of amidine groups is 1. The van der Waals surface area contributed by atoms with Crippen molar-refractivity contribution in [3.8, 4) is 16.9 Å². The zero-order valence-electron chi connectivity index (χ0n) is 15.5. The number of nitrogens with one attached hydrogen (secondary N) is 2. The fourth-order valence-corrected chi connectivity index (χ4v) is 3.17. The number of hydrogen-bond acceptors (Lipinski definition) is 3. The minimum absolute atomic E-state index is 0.0336. The molecule has 0 bridgehead atoms. The highest BCUT2D eigenvalue weighted by Gasteiger charge is 2.25. The van der Waals surface area contributed by atoms with Crippen LogP contribution in [0.1, 0.15) is 44.6 Å². The average Bonchev–Trinajstić information content (AvgIpc) is 2.86. The number of rotatable bonds is 5. The first-order chi connectivity index (χ1) is 11.8. The van der Waals surface area contributed by atoms with Crippen LogP contribution in [0.3, 0.4) is 0 Å². The molecule has 1 heterocycles. The molecule has 2 aromatic rings. The van der Waals surface area contributed by atoms with Crippen molar-refractivity contribution >= 4 is 11.4 Å². The van der Waals surface area contributed by atoms with Gasteiger partial charge in [0, 0.05) is 23.9 Å². The van der Waals surface area contributed by atoms with Gasteiger partial charge in [-0.3, -0.25) is 16.1 Å². The molecule has 0 atom stereocenters. The number of nitrogens with zero attached hydrogens (tertiary/aromatic N) is 1. The molecule has 1 aromatic carbocycles. The highest BCUT2D eigenvalue weighted by molar-refractivity contribution is 6.03. The van der Waals surface area contributed by atoms with Crippen molar-refractivity contribution in [1.82, 2.24) is 10.0 Å². The number of hydroxylamine groups is 1. The van der Waals surface area contributed by atoms with Crippen LogP contribution in [0.2, 0.25) is 0 Å². The minimum Gasteiger partial charge on any atom is -0.508 e. The van der Waals surface area contributed by atoms with Gasteiger partial charge in [-0.25, -0.2) is 0 Å². The van der Waals surface area contributed by atoms with Crippen molar-refractivity contribution in [2.75, 3.05) is 0 Å². The predicted octanol–water partition coefficient (Wildman–Crippen LogP) is 4.32.